The summed E-state index contributed by atoms with van der Waals surface area (Å²) >= 11 is 17.4. The maximum Gasteiger partial charge on any atom is 0.407 e. The number of ether oxygens (including phenoxy) is 2. The third kappa shape index (κ3) is 4.76. The zero-order valence-electron chi connectivity index (χ0n) is 19.7. The molecular weight excluding hydrogens is 485 g/mol. The number of nitrogens with one attached hydrogen (secondary N) is 1. The SMILES string of the molecule is CCOC(=O)C1CC[C@H]2[C@@H]3CCC4CC=CC[C@]4(C)[C@@H]3C(NC(=O)OCC(Cl)(Cl)Cl)C[C@]12C. The predicted octanol–water partition coefficient (Wildman–Crippen LogP) is 6.45. The second kappa shape index (κ2) is 9.43. The number of esters is 1. The van der Waals surface area contributed by atoms with Gasteiger partial charge in [0.15, 0.2) is 0 Å². The van der Waals surface area contributed by atoms with Crippen LogP contribution in [0.4, 0.5) is 4.79 Å². The quantitative estimate of drug-likeness (QED) is 0.263. The number of halogens is 3. The minimum Gasteiger partial charge on any atom is -0.466 e. The van der Waals surface area contributed by atoms with Gasteiger partial charge in [0, 0.05) is 6.04 Å². The van der Waals surface area contributed by atoms with Crippen LogP contribution in [-0.2, 0) is 14.3 Å². The van der Waals surface area contributed by atoms with Gasteiger partial charge in [-0.2, -0.15) is 0 Å². The van der Waals surface area contributed by atoms with Crippen molar-refractivity contribution < 1.29 is 19.1 Å². The molecule has 0 bridgehead atoms. The molecule has 0 saturated heterocycles. The van der Waals surface area contributed by atoms with Crippen LogP contribution in [0.2, 0.25) is 0 Å². The van der Waals surface area contributed by atoms with E-state index in [4.69, 9.17) is 44.3 Å². The van der Waals surface area contributed by atoms with Crippen molar-refractivity contribution >= 4 is 46.9 Å². The van der Waals surface area contributed by atoms with Gasteiger partial charge in [0.25, 0.3) is 0 Å². The minimum atomic E-state index is -1.65. The summed E-state index contributed by atoms with van der Waals surface area (Å²) in [4.78, 5) is 25.7. The van der Waals surface area contributed by atoms with E-state index in [1.54, 1.807) is 0 Å². The fourth-order valence-electron chi connectivity index (χ4n) is 8.13. The molecule has 0 spiro atoms. The number of allylic oxidation sites excluding steroid dienone is 2. The topological polar surface area (TPSA) is 64.6 Å². The Labute approximate surface area is 212 Å². The van der Waals surface area contributed by atoms with E-state index in [0.717, 1.165) is 38.5 Å². The van der Waals surface area contributed by atoms with Crippen LogP contribution in [0.5, 0.6) is 0 Å². The first kappa shape index (κ1) is 25.4. The van der Waals surface area contributed by atoms with Crippen molar-refractivity contribution in [1.82, 2.24) is 5.32 Å². The van der Waals surface area contributed by atoms with E-state index in [1.807, 2.05) is 6.92 Å². The van der Waals surface area contributed by atoms with Crippen molar-refractivity contribution in [3.05, 3.63) is 12.2 Å². The molecule has 4 rings (SSSR count). The molecule has 0 radical (unpaired) electrons. The zero-order valence-corrected chi connectivity index (χ0v) is 22.0. The fourth-order valence-corrected chi connectivity index (χ4v) is 8.30. The van der Waals surface area contributed by atoms with Crippen molar-refractivity contribution in [3.63, 3.8) is 0 Å². The molecule has 4 aliphatic rings. The van der Waals surface area contributed by atoms with Crippen LogP contribution in [0.3, 0.4) is 0 Å². The average molecular weight is 521 g/mol. The lowest BCUT2D eigenvalue weighted by Gasteiger charge is -2.62. The maximum absolute atomic E-state index is 12.9. The number of carbonyl (C=O) groups excluding carboxylic acids is 2. The minimum absolute atomic E-state index is 0.0982. The molecule has 33 heavy (non-hydrogen) atoms. The Balaban J connectivity index is 1.64. The molecule has 0 aliphatic heterocycles. The molecule has 5 nitrogen and oxygen atoms in total. The smallest absolute Gasteiger partial charge is 0.407 e. The summed E-state index contributed by atoms with van der Waals surface area (Å²) in [6, 6.07) is -0.103. The molecule has 0 aromatic heterocycles. The van der Waals surface area contributed by atoms with Crippen LogP contribution in [0.25, 0.3) is 0 Å². The Morgan fingerprint density at radius 3 is 2.52 bits per heavy atom. The monoisotopic (exact) mass is 519 g/mol. The zero-order chi connectivity index (χ0) is 24.0. The number of carbonyl (C=O) groups is 2. The van der Waals surface area contributed by atoms with Gasteiger partial charge in [0.1, 0.15) is 6.61 Å². The van der Waals surface area contributed by atoms with Crippen LogP contribution in [0.15, 0.2) is 12.2 Å². The summed E-state index contributed by atoms with van der Waals surface area (Å²) in [6.07, 6.45) is 11.1. The highest BCUT2D eigenvalue weighted by atomic mass is 35.6. The van der Waals surface area contributed by atoms with E-state index in [9.17, 15) is 9.59 Å². The third-order valence-corrected chi connectivity index (χ3v) is 9.74. The standard InChI is InChI=1S/C25H36Cl3NO4/c1-4-32-21(30)18-11-10-17-16-9-8-15-7-5-6-12-23(15,2)20(16)19(13-24(17,18)3)29-22(31)33-14-25(26,27)28/h5-6,15-20H,4,7-14H2,1-3H3,(H,29,31)/t15?,16-,17-,18?,19?,20-,23-,24-/m0/s1. The Hall–Kier alpha value is -0.650. The Bertz CT molecular complexity index is 799. The lowest BCUT2D eigenvalue weighted by molar-refractivity contribution is -0.159. The highest BCUT2D eigenvalue weighted by Gasteiger charge is 2.64. The van der Waals surface area contributed by atoms with E-state index in [0.29, 0.717) is 30.3 Å². The highest BCUT2D eigenvalue weighted by Crippen LogP contribution is 2.67. The molecular formula is C25H36Cl3NO4. The second-order valence-corrected chi connectivity index (χ2v) is 13.5. The molecule has 0 heterocycles. The van der Waals surface area contributed by atoms with Crippen molar-refractivity contribution in [2.75, 3.05) is 13.2 Å². The second-order valence-electron chi connectivity index (χ2n) is 11.0. The molecule has 3 unspecified atom stereocenters. The van der Waals surface area contributed by atoms with Crippen molar-refractivity contribution in [2.24, 2.45) is 40.4 Å². The Morgan fingerprint density at radius 2 is 1.82 bits per heavy atom. The van der Waals surface area contributed by atoms with E-state index in [2.05, 4.69) is 31.3 Å². The summed E-state index contributed by atoms with van der Waals surface area (Å²) in [5.74, 6) is 1.60. The first-order valence-corrected chi connectivity index (χ1v) is 13.4. The molecule has 0 aromatic carbocycles. The number of alkyl halides is 3. The number of hydrogen-bond donors (Lipinski definition) is 1. The molecule has 3 fully saturated rings. The van der Waals surface area contributed by atoms with Crippen LogP contribution >= 0.6 is 34.8 Å². The van der Waals surface area contributed by atoms with Gasteiger partial charge in [-0.25, -0.2) is 4.79 Å². The number of amides is 1. The number of fused-ring (bicyclic) bond motifs is 5. The molecule has 8 heteroatoms. The summed E-state index contributed by atoms with van der Waals surface area (Å²) in [5, 5.41) is 3.16. The van der Waals surface area contributed by atoms with Gasteiger partial charge in [0.2, 0.25) is 3.79 Å². The first-order chi connectivity index (χ1) is 15.5. The molecule has 186 valence electrons. The van der Waals surface area contributed by atoms with E-state index >= 15 is 0 Å². The summed E-state index contributed by atoms with van der Waals surface area (Å²) in [7, 11) is 0. The maximum atomic E-state index is 12.9. The Morgan fingerprint density at radius 1 is 1.06 bits per heavy atom. The largest absolute Gasteiger partial charge is 0.466 e. The van der Waals surface area contributed by atoms with Crippen LogP contribution in [-0.4, -0.2) is 35.1 Å². The third-order valence-electron chi connectivity index (χ3n) is 9.41. The lowest BCUT2D eigenvalue weighted by atomic mass is 9.44. The normalized spacial score (nSPS) is 42.0. The molecule has 1 amide bonds. The summed E-state index contributed by atoms with van der Waals surface area (Å²) in [6.45, 7) is 6.57. The Kier molecular flexibility index (Phi) is 7.27. The van der Waals surface area contributed by atoms with Crippen LogP contribution in [0, 0.1) is 40.4 Å². The van der Waals surface area contributed by atoms with Gasteiger partial charge in [-0.05, 0) is 86.4 Å². The predicted molar refractivity (Wildman–Crippen MR) is 130 cm³/mol. The molecule has 8 atom stereocenters. The number of hydrogen-bond acceptors (Lipinski definition) is 4. The average Bonchev–Trinajstić information content (AvgIpc) is 3.08. The van der Waals surface area contributed by atoms with Gasteiger partial charge in [-0.15, -0.1) is 0 Å². The van der Waals surface area contributed by atoms with Crippen molar-refractivity contribution in [1.29, 1.82) is 0 Å². The number of alkyl carbamates (subject to hydrolysis) is 1. The molecule has 3 saturated carbocycles. The van der Waals surface area contributed by atoms with E-state index in [-0.39, 0.29) is 35.4 Å². The van der Waals surface area contributed by atoms with Gasteiger partial charge >= 0.3 is 12.1 Å². The highest BCUT2D eigenvalue weighted by molar-refractivity contribution is 6.67. The first-order valence-electron chi connectivity index (χ1n) is 12.3. The van der Waals surface area contributed by atoms with Gasteiger partial charge in [-0.1, -0.05) is 60.8 Å². The molecule has 0 aromatic rings. The summed E-state index contributed by atoms with van der Waals surface area (Å²) in [5.41, 5.74) is -0.109. The molecule has 4 aliphatic carbocycles. The van der Waals surface area contributed by atoms with Gasteiger partial charge in [0.05, 0.1) is 12.5 Å². The van der Waals surface area contributed by atoms with Gasteiger partial charge < -0.3 is 14.8 Å². The van der Waals surface area contributed by atoms with E-state index < -0.39 is 9.89 Å². The van der Waals surface area contributed by atoms with Crippen LogP contribution in [0.1, 0.15) is 65.7 Å². The van der Waals surface area contributed by atoms with Crippen LogP contribution < -0.4 is 5.32 Å². The lowest BCUT2D eigenvalue weighted by Crippen LogP contribution is -2.62. The molecule has 1 N–H and O–H groups in total. The van der Waals surface area contributed by atoms with E-state index in [1.165, 1.54) is 6.42 Å². The van der Waals surface area contributed by atoms with Crippen molar-refractivity contribution in [3.8, 4) is 0 Å². The van der Waals surface area contributed by atoms with Gasteiger partial charge in [-0.3, -0.25) is 4.79 Å². The number of rotatable bonds is 4. The fraction of sp³-hybridized carbons (Fsp3) is 0.840. The van der Waals surface area contributed by atoms with Crippen molar-refractivity contribution in [2.45, 2.75) is 75.6 Å². The summed E-state index contributed by atoms with van der Waals surface area (Å²) < 4.78 is 9.08.